The van der Waals surface area contributed by atoms with E-state index in [9.17, 15) is 4.79 Å². The first-order valence-corrected chi connectivity index (χ1v) is 8.76. The number of hydrogen-bond donors (Lipinski definition) is 1. The predicted octanol–water partition coefficient (Wildman–Crippen LogP) is 4.03. The van der Waals surface area contributed by atoms with Crippen LogP contribution in [0.2, 0.25) is 5.02 Å². The number of thioether (sulfide) groups is 1. The highest BCUT2D eigenvalue weighted by molar-refractivity contribution is 8.00. The van der Waals surface area contributed by atoms with Gasteiger partial charge >= 0.3 is 0 Å². The molecular weight excluding hydrogens is 348 g/mol. The van der Waals surface area contributed by atoms with Crippen LogP contribution < -0.4 is 5.32 Å². The Bertz CT molecular complexity index is 889. The van der Waals surface area contributed by atoms with Gasteiger partial charge in [0.1, 0.15) is 5.76 Å². The van der Waals surface area contributed by atoms with Crippen LogP contribution in [0.15, 0.2) is 33.9 Å². The molecule has 8 heteroatoms. The van der Waals surface area contributed by atoms with Gasteiger partial charge in [-0.05, 0) is 31.5 Å². The first-order chi connectivity index (χ1) is 11.5. The maximum atomic E-state index is 12.5. The Labute approximate surface area is 148 Å². The molecule has 1 amide bonds. The van der Waals surface area contributed by atoms with Crippen molar-refractivity contribution in [3.8, 4) is 0 Å². The van der Waals surface area contributed by atoms with Crippen LogP contribution in [0.5, 0.6) is 0 Å². The minimum atomic E-state index is -0.284. The summed E-state index contributed by atoms with van der Waals surface area (Å²) in [5.41, 5.74) is 1.79. The molecule has 126 valence electrons. The number of aryl methyl sites for hydroxylation is 2. The number of anilines is 1. The number of hydrogen-bond acceptors (Lipinski definition) is 5. The lowest BCUT2D eigenvalue weighted by Gasteiger charge is -2.13. The minimum Gasteiger partial charge on any atom is -0.360 e. The summed E-state index contributed by atoms with van der Waals surface area (Å²) in [6.45, 7) is 3.74. The fourth-order valence-corrected chi connectivity index (χ4v) is 3.50. The van der Waals surface area contributed by atoms with Crippen LogP contribution in [-0.2, 0) is 11.8 Å². The van der Waals surface area contributed by atoms with Crippen molar-refractivity contribution in [2.24, 2.45) is 7.05 Å². The second-order valence-electron chi connectivity index (χ2n) is 5.41. The number of imidazole rings is 1. The highest BCUT2D eigenvalue weighted by Crippen LogP contribution is 2.29. The third-order valence-electron chi connectivity index (χ3n) is 3.59. The maximum absolute atomic E-state index is 12.5. The standard InChI is InChI=1S/C16H17ClN4O2S/c1-4-13(15(22)19-14-7-9(2)23-20-14)24-16-18-11-8-10(17)5-6-12(11)21(16)3/h5-8,13H,4H2,1-3H3,(H,19,20,22)/t13-/m1/s1. The molecule has 0 radical (unpaired) electrons. The second kappa shape index (κ2) is 6.86. The number of rotatable bonds is 5. The Kier molecular flexibility index (Phi) is 4.82. The maximum Gasteiger partial charge on any atom is 0.239 e. The Hall–Kier alpha value is -1.99. The van der Waals surface area contributed by atoms with Crippen LogP contribution >= 0.6 is 23.4 Å². The van der Waals surface area contributed by atoms with Crippen LogP contribution in [0.4, 0.5) is 5.82 Å². The minimum absolute atomic E-state index is 0.124. The molecule has 6 nitrogen and oxygen atoms in total. The number of fused-ring (bicyclic) bond motifs is 1. The molecule has 0 fully saturated rings. The Balaban J connectivity index is 1.79. The van der Waals surface area contributed by atoms with Crippen LogP contribution in [0.1, 0.15) is 19.1 Å². The second-order valence-corrected chi connectivity index (χ2v) is 7.02. The summed E-state index contributed by atoms with van der Waals surface area (Å²) in [6.07, 6.45) is 0.664. The zero-order valence-corrected chi connectivity index (χ0v) is 15.1. The van der Waals surface area contributed by atoms with E-state index >= 15 is 0 Å². The van der Waals surface area contributed by atoms with E-state index < -0.39 is 0 Å². The number of carbonyl (C=O) groups excluding carboxylic acids is 1. The topological polar surface area (TPSA) is 73.0 Å². The summed E-state index contributed by atoms with van der Waals surface area (Å²) in [7, 11) is 1.93. The van der Waals surface area contributed by atoms with E-state index in [1.54, 1.807) is 13.0 Å². The SMILES string of the molecule is CC[C@@H](Sc1nc2cc(Cl)ccc2n1C)C(=O)Nc1cc(C)on1. The number of nitrogens with one attached hydrogen (secondary N) is 1. The largest absolute Gasteiger partial charge is 0.360 e. The normalized spacial score (nSPS) is 12.5. The van der Waals surface area contributed by atoms with Gasteiger partial charge in [-0.15, -0.1) is 0 Å². The van der Waals surface area contributed by atoms with Crippen LogP contribution in [0, 0.1) is 6.92 Å². The first-order valence-electron chi connectivity index (χ1n) is 7.50. The monoisotopic (exact) mass is 364 g/mol. The third-order valence-corrected chi connectivity index (χ3v) is 5.23. The molecule has 0 spiro atoms. The van der Waals surface area contributed by atoms with Crippen molar-refractivity contribution in [1.82, 2.24) is 14.7 Å². The van der Waals surface area contributed by atoms with E-state index in [0.29, 0.717) is 23.0 Å². The van der Waals surface area contributed by atoms with Crippen molar-refractivity contribution < 1.29 is 9.32 Å². The lowest BCUT2D eigenvalue weighted by atomic mass is 10.3. The Morgan fingerprint density at radius 2 is 2.25 bits per heavy atom. The average molecular weight is 365 g/mol. The Morgan fingerprint density at radius 3 is 2.92 bits per heavy atom. The highest BCUT2D eigenvalue weighted by Gasteiger charge is 2.22. The molecule has 1 N–H and O–H groups in total. The van der Waals surface area contributed by atoms with E-state index in [-0.39, 0.29) is 11.2 Å². The zero-order valence-electron chi connectivity index (χ0n) is 13.5. The lowest BCUT2D eigenvalue weighted by molar-refractivity contribution is -0.115. The molecule has 24 heavy (non-hydrogen) atoms. The van der Waals surface area contributed by atoms with E-state index in [2.05, 4.69) is 15.5 Å². The summed E-state index contributed by atoms with van der Waals surface area (Å²) in [4.78, 5) is 17.0. The van der Waals surface area contributed by atoms with Gasteiger partial charge in [-0.1, -0.05) is 35.4 Å². The van der Waals surface area contributed by atoms with Gasteiger partial charge in [0.15, 0.2) is 11.0 Å². The van der Waals surface area contributed by atoms with Crippen molar-refractivity contribution in [3.05, 3.63) is 35.0 Å². The van der Waals surface area contributed by atoms with Gasteiger partial charge in [-0.2, -0.15) is 0 Å². The first kappa shape index (κ1) is 16.9. The number of halogens is 1. The zero-order chi connectivity index (χ0) is 17.3. The highest BCUT2D eigenvalue weighted by atomic mass is 35.5. The van der Waals surface area contributed by atoms with Crippen molar-refractivity contribution in [1.29, 1.82) is 0 Å². The summed E-state index contributed by atoms with van der Waals surface area (Å²) in [5.74, 6) is 0.951. The number of benzene rings is 1. The van der Waals surface area contributed by atoms with Crippen molar-refractivity contribution >= 4 is 46.1 Å². The molecule has 0 aliphatic heterocycles. The molecule has 0 bridgehead atoms. The summed E-state index contributed by atoms with van der Waals surface area (Å²) < 4.78 is 6.93. The quantitative estimate of drug-likeness (QED) is 0.692. The van der Waals surface area contributed by atoms with Gasteiger partial charge in [-0.25, -0.2) is 4.98 Å². The van der Waals surface area contributed by atoms with E-state index in [0.717, 1.165) is 16.2 Å². The molecule has 0 saturated heterocycles. The van der Waals surface area contributed by atoms with E-state index in [1.807, 2.05) is 36.7 Å². The predicted molar refractivity (Wildman–Crippen MR) is 95.5 cm³/mol. The average Bonchev–Trinajstić information content (AvgIpc) is 3.08. The van der Waals surface area contributed by atoms with Crippen molar-refractivity contribution in [2.75, 3.05) is 5.32 Å². The van der Waals surface area contributed by atoms with Crippen molar-refractivity contribution in [3.63, 3.8) is 0 Å². The molecule has 2 aromatic heterocycles. The molecule has 0 unspecified atom stereocenters. The van der Waals surface area contributed by atoms with E-state index in [1.165, 1.54) is 11.8 Å². The molecule has 0 aliphatic rings. The molecule has 0 saturated carbocycles. The number of nitrogens with zero attached hydrogens (tertiary/aromatic N) is 3. The molecular formula is C16H17ClN4O2S. The lowest BCUT2D eigenvalue weighted by Crippen LogP contribution is -2.25. The van der Waals surface area contributed by atoms with Gasteiger partial charge in [0, 0.05) is 18.1 Å². The van der Waals surface area contributed by atoms with Gasteiger partial charge in [0.05, 0.1) is 16.3 Å². The smallest absolute Gasteiger partial charge is 0.239 e. The third kappa shape index (κ3) is 3.42. The van der Waals surface area contributed by atoms with Crippen LogP contribution in [0.3, 0.4) is 0 Å². The van der Waals surface area contributed by atoms with Crippen LogP contribution in [0.25, 0.3) is 11.0 Å². The van der Waals surface area contributed by atoms with Gasteiger partial charge < -0.3 is 14.4 Å². The molecule has 1 atom stereocenters. The summed E-state index contributed by atoms with van der Waals surface area (Å²) in [5, 5.41) is 7.69. The molecule has 0 aliphatic carbocycles. The fourth-order valence-electron chi connectivity index (χ4n) is 2.34. The number of amides is 1. The summed E-state index contributed by atoms with van der Waals surface area (Å²) >= 11 is 7.44. The van der Waals surface area contributed by atoms with Gasteiger partial charge in [-0.3, -0.25) is 4.79 Å². The molecule has 3 rings (SSSR count). The van der Waals surface area contributed by atoms with Gasteiger partial charge in [0.25, 0.3) is 0 Å². The Morgan fingerprint density at radius 1 is 1.46 bits per heavy atom. The van der Waals surface area contributed by atoms with Gasteiger partial charge in [0.2, 0.25) is 5.91 Å². The number of aromatic nitrogens is 3. The number of carbonyl (C=O) groups is 1. The van der Waals surface area contributed by atoms with Crippen molar-refractivity contribution in [2.45, 2.75) is 30.7 Å². The van der Waals surface area contributed by atoms with Crippen LogP contribution in [-0.4, -0.2) is 25.9 Å². The molecule has 2 heterocycles. The summed E-state index contributed by atoms with van der Waals surface area (Å²) in [6, 6.07) is 7.26. The molecule has 1 aromatic carbocycles. The van der Waals surface area contributed by atoms with E-state index in [4.69, 9.17) is 16.1 Å². The fraction of sp³-hybridized carbons (Fsp3) is 0.312. The molecule has 3 aromatic rings.